The number of benzene rings is 1. The number of hydrazine groups is 1. The zero-order valence-corrected chi connectivity index (χ0v) is 20.3. The molecular weight excluding hydrogens is 418 g/mol. The number of urea groups is 1. The van der Waals surface area contributed by atoms with Gasteiger partial charge in [-0.05, 0) is 18.4 Å². The number of nitrogens with zero attached hydrogens (tertiary/aromatic N) is 4. The highest BCUT2D eigenvalue weighted by molar-refractivity contribution is 5.91. The maximum absolute atomic E-state index is 13.3. The summed E-state index contributed by atoms with van der Waals surface area (Å²) in [6, 6.07) is 8.99. The van der Waals surface area contributed by atoms with Gasteiger partial charge in [0.1, 0.15) is 12.2 Å². The third-order valence-corrected chi connectivity index (χ3v) is 6.53. The number of hydrogen-bond acceptors (Lipinski definition) is 4. The van der Waals surface area contributed by atoms with Crippen LogP contribution in [0.25, 0.3) is 0 Å². The van der Waals surface area contributed by atoms with Crippen LogP contribution in [0.5, 0.6) is 0 Å². The van der Waals surface area contributed by atoms with E-state index >= 15 is 0 Å². The van der Waals surface area contributed by atoms with Gasteiger partial charge in [-0.15, -0.1) is 0 Å². The number of amides is 4. The summed E-state index contributed by atoms with van der Waals surface area (Å²) in [4.78, 5) is 43.1. The zero-order valence-electron chi connectivity index (χ0n) is 20.3. The number of hydrogen-bond donors (Lipinski definition) is 1. The number of fused-ring (bicyclic) bond motifs is 1. The molecule has 0 aliphatic carbocycles. The number of carbonyl (C=O) groups is 3. The van der Waals surface area contributed by atoms with Crippen LogP contribution in [-0.4, -0.2) is 76.6 Å². The molecule has 0 aromatic heterocycles. The van der Waals surface area contributed by atoms with Crippen molar-refractivity contribution >= 4 is 17.8 Å². The fourth-order valence-electron chi connectivity index (χ4n) is 4.82. The second-order valence-corrected chi connectivity index (χ2v) is 9.09. The fraction of sp³-hybridized carbons (Fsp3) is 0.640. The number of nitrogens with one attached hydrogen (secondary N) is 1. The van der Waals surface area contributed by atoms with Gasteiger partial charge in [0.2, 0.25) is 11.8 Å². The molecule has 0 saturated carbocycles. The van der Waals surface area contributed by atoms with Crippen molar-refractivity contribution in [3.63, 3.8) is 0 Å². The van der Waals surface area contributed by atoms with Crippen molar-refractivity contribution in [3.05, 3.63) is 35.9 Å². The fourth-order valence-corrected chi connectivity index (χ4v) is 4.82. The molecule has 1 N–H and O–H groups in total. The van der Waals surface area contributed by atoms with Crippen LogP contribution in [-0.2, 0) is 16.1 Å². The minimum absolute atomic E-state index is 0.0196. The monoisotopic (exact) mass is 457 g/mol. The third-order valence-electron chi connectivity index (χ3n) is 6.53. The van der Waals surface area contributed by atoms with Crippen LogP contribution in [0.15, 0.2) is 30.3 Å². The van der Waals surface area contributed by atoms with Gasteiger partial charge in [-0.3, -0.25) is 9.59 Å². The molecule has 8 nitrogen and oxygen atoms in total. The zero-order chi connectivity index (χ0) is 23.8. The van der Waals surface area contributed by atoms with Gasteiger partial charge < -0.3 is 15.1 Å². The molecule has 2 heterocycles. The Kier molecular flexibility index (Phi) is 9.11. The predicted molar refractivity (Wildman–Crippen MR) is 128 cm³/mol. The summed E-state index contributed by atoms with van der Waals surface area (Å²) in [5.41, 5.74) is 1.01. The number of likely N-dealkylation sites (N-methyl/N-ethyl adjacent to an activating group) is 1. The minimum Gasteiger partial charge on any atom is -0.337 e. The number of piperazine rings is 1. The SMILES string of the molecule is CCCCCCCN1CC2N(C(=O)CN(C)N2C(=O)NCc2ccccc2)[C@@H](CCC)C1=O. The van der Waals surface area contributed by atoms with Gasteiger partial charge in [0.05, 0.1) is 13.1 Å². The highest BCUT2D eigenvalue weighted by Crippen LogP contribution is 2.28. The molecule has 1 aromatic carbocycles. The largest absolute Gasteiger partial charge is 0.337 e. The second-order valence-electron chi connectivity index (χ2n) is 9.09. The summed E-state index contributed by atoms with van der Waals surface area (Å²) >= 11 is 0. The molecule has 33 heavy (non-hydrogen) atoms. The van der Waals surface area contributed by atoms with Crippen LogP contribution in [0, 0.1) is 0 Å². The molecule has 3 rings (SSSR count). The average Bonchev–Trinajstić information content (AvgIpc) is 2.80. The van der Waals surface area contributed by atoms with Gasteiger partial charge in [-0.25, -0.2) is 14.8 Å². The van der Waals surface area contributed by atoms with Crippen molar-refractivity contribution in [2.24, 2.45) is 0 Å². The normalized spacial score (nSPS) is 21.4. The first-order valence-electron chi connectivity index (χ1n) is 12.4. The predicted octanol–water partition coefficient (Wildman–Crippen LogP) is 3.19. The summed E-state index contributed by atoms with van der Waals surface area (Å²) in [5.74, 6) is -0.0739. The number of unbranched alkanes of at least 4 members (excludes halogenated alkanes) is 4. The van der Waals surface area contributed by atoms with Crippen molar-refractivity contribution < 1.29 is 14.4 Å². The summed E-state index contributed by atoms with van der Waals surface area (Å²) in [6.07, 6.45) is 6.51. The molecular formula is C25H39N5O3. The molecule has 0 spiro atoms. The minimum atomic E-state index is -0.505. The van der Waals surface area contributed by atoms with E-state index in [4.69, 9.17) is 0 Å². The quantitative estimate of drug-likeness (QED) is 0.548. The van der Waals surface area contributed by atoms with Crippen molar-refractivity contribution in [1.29, 1.82) is 0 Å². The van der Waals surface area contributed by atoms with E-state index in [0.717, 1.165) is 24.8 Å². The Morgan fingerprint density at radius 3 is 2.45 bits per heavy atom. The van der Waals surface area contributed by atoms with E-state index in [9.17, 15) is 14.4 Å². The van der Waals surface area contributed by atoms with Crippen LogP contribution in [0.2, 0.25) is 0 Å². The highest BCUT2D eigenvalue weighted by atomic mass is 16.2. The molecule has 8 heteroatoms. The molecule has 2 fully saturated rings. The van der Waals surface area contributed by atoms with Gasteiger partial charge in [-0.2, -0.15) is 0 Å². The molecule has 4 amide bonds. The van der Waals surface area contributed by atoms with Crippen molar-refractivity contribution in [2.45, 2.75) is 77.5 Å². The van der Waals surface area contributed by atoms with E-state index in [1.807, 2.05) is 42.2 Å². The molecule has 2 saturated heterocycles. The van der Waals surface area contributed by atoms with E-state index < -0.39 is 12.2 Å². The third kappa shape index (κ3) is 6.05. The van der Waals surface area contributed by atoms with Gasteiger partial charge in [0.25, 0.3) is 0 Å². The molecule has 2 aliphatic heterocycles. The van der Waals surface area contributed by atoms with Crippen LogP contribution < -0.4 is 5.32 Å². The van der Waals surface area contributed by atoms with Crippen LogP contribution in [0.4, 0.5) is 4.79 Å². The van der Waals surface area contributed by atoms with E-state index in [0.29, 0.717) is 26.1 Å². The smallest absolute Gasteiger partial charge is 0.334 e. The molecule has 1 unspecified atom stereocenters. The Bertz CT molecular complexity index is 802. The first-order valence-corrected chi connectivity index (χ1v) is 12.4. The van der Waals surface area contributed by atoms with E-state index in [-0.39, 0.29) is 24.4 Å². The molecule has 2 atom stereocenters. The average molecular weight is 458 g/mol. The van der Waals surface area contributed by atoms with Crippen molar-refractivity contribution in [3.8, 4) is 0 Å². The molecule has 2 aliphatic rings. The van der Waals surface area contributed by atoms with Crippen molar-refractivity contribution in [1.82, 2.24) is 25.1 Å². The highest BCUT2D eigenvalue weighted by Gasteiger charge is 2.50. The Labute approximate surface area is 197 Å². The number of carbonyl (C=O) groups excluding carboxylic acids is 3. The first kappa shape index (κ1) is 25.0. The van der Waals surface area contributed by atoms with Crippen LogP contribution >= 0.6 is 0 Å². The van der Waals surface area contributed by atoms with E-state index in [2.05, 4.69) is 12.2 Å². The first-order chi connectivity index (χ1) is 16.0. The molecule has 0 radical (unpaired) electrons. The lowest BCUT2D eigenvalue weighted by atomic mass is 10.0. The van der Waals surface area contributed by atoms with Gasteiger partial charge >= 0.3 is 6.03 Å². The standard InChI is InChI=1S/C25H39N5O3/c1-4-6-7-8-12-16-28-18-22-29(21(13-5-2)24(28)32)23(31)19-27(3)30(22)25(33)26-17-20-14-10-9-11-15-20/h9-11,14-15,21-22H,4-8,12-13,16-19H2,1-3H3,(H,26,33)/t21-,22?/m0/s1. The molecule has 1 aromatic rings. The van der Waals surface area contributed by atoms with Gasteiger partial charge in [0, 0.05) is 20.1 Å². The lowest BCUT2D eigenvalue weighted by Gasteiger charge is -2.54. The molecule has 0 bridgehead atoms. The summed E-state index contributed by atoms with van der Waals surface area (Å²) in [5, 5.41) is 6.30. The maximum Gasteiger partial charge on any atom is 0.334 e. The number of rotatable bonds is 10. The summed E-state index contributed by atoms with van der Waals surface area (Å²) in [7, 11) is 1.76. The Morgan fingerprint density at radius 1 is 1.03 bits per heavy atom. The van der Waals surface area contributed by atoms with Crippen LogP contribution in [0.1, 0.15) is 64.4 Å². The van der Waals surface area contributed by atoms with E-state index in [1.54, 1.807) is 22.0 Å². The summed E-state index contributed by atoms with van der Waals surface area (Å²) in [6.45, 7) is 5.72. The van der Waals surface area contributed by atoms with Crippen molar-refractivity contribution in [2.75, 3.05) is 26.7 Å². The Morgan fingerprint density at radius 2 is 1.76 bits per heavy atom. The Hall–Kier alpha value is -2.61. The van der Waals surface area contributed by atoms with Crippen LogP contribution in [0.3, 0.4) is 0 Å². The second kappa shape index (κ2) is 12.0. The molecule has 182 valence electrons. The maximum atomic E-state index is 13.3. The topological polar surface area (TPSA) is 76.2 Å². The van der Waals surface area contributed by atoms with Gasteiger partial charge in [0.15, 0.2) is 0 Å². The van der Waals surface area contributed by atoms with Gasteiger partial charge in [-0.1, -0.05) is 76.3 Å². The van der Waals surface area contributed by atoms with E-state index in [1.165, 1.54) is 19.3 Å². The lowest BCUT2D eigenvalue weighted by molar-refractivity contribution is -0.187. The Balaban J connectivity index is 1.76. The lowest BCUT2D eigenvalue weighted by Crippen LogP contribution is -2.75. The summed E-state index contributed by atoms with van der Waals surface area (Å²) < 4.78 is 0.